The first-order chi connectivity index (χ1) is 10.2. The van der Waals surface area contributed by atoms with Crippen molar-refractivity contribution in [3.05, 3.63) is 34.3 Å². The number of piperidine rings is 1. The lowest BCUT2D eigenvalue weighted by Gasteiger charge is -2.33. The van der Waals surface area contributed by atoms with Gasteiger partial charge in [0.2, 0.25) is 0 Å². The number of hydrogen-bond donors (Lipinski definition) is 1. The fraction of sp³-hybridized carbons (Fsp3) is 0.429. The quantitative estimate of drug-likeness (QED) is 0.900. The van der Waals surface area contributed by atoms with E-state index in [1.807, 2.05) is 0 Å². The van der Waals surface area contributed by atoms with E-state index >= 15 is 0 Å². The van der Waals surface area contributed by atoms with Crippen LogP contribution in [0.2, 0.25) is 5.02 Å². The number of benzene rings is 1. The zero-order valence-electron chi connectivity index (χ0n) is 11.4. The van der Waals surface area contributed by atoms with Gasteiger partial charge in [-0.15, -0.1) is 0 Å². The standard InChI is InChI=1S/C14H13ClF3NO3/c15-10-6-8(5-9(7-10)14(16,17)18)12(20)19-4-2-1-3-11(19)13(21)22/h5-7,11H,1-4H2,(H,21,22)/t11-/m1/s1. The van der Waals surface area contributed by atoms with Crippen LogP contribution < -0.4 is 0 Å². The predicted octanol–water partition coefficient (Wildman–Crippen LogP) is 3.44. The molecule has 1 heterocycles. The number of carboxylic acids is 1. The third kappa shape index (κ3) is 3.52. The van der Waals surface area contributed by atoms with Crippen molar-refractivity contribution < 1.29 is 27.9 Å². The molecule has 1 aromatic rings. The minimum atomic E-state index is -4.63. The maximum absolute atomic E-state index is 12.8. The molecule has 0 spiro atoms. The molecule has 1 saturated heterocycles. The topological polar surface area (TPSA) is 57.6 Å². The minimum Gasteiger partial charge on any atom is -0.480 e. The van der Waals surface area contributed by atoms with Gasteiger partial charge in [0.1, 0.15) is 6.04 Å². The molecule has 1 aromatic carbocycles. The van der Waals surface area contributed by atoms with Gasteiger partial charge in [-0.25, -0.2) is 4.79 Å². The van der Waals surface area contributed by atoms with E-state index in [0.29, 0.717) is 18.9 Å². The first-order valence-electron chi connectivity index (χ1n) is 6.61. The summed E-state index contributed by atoms with van der Waals surface area (Å²) >= 11 is 5.65. The number of alkyl halides is 3. The third-order valence-corrected chi connectivity index (χ3v) is 3.74. The highest BCUT2D eigenvalue weighted by atomic mass is 35.5. The van der Waals surface area contributed by atoms with Crippen LogP contribution in [0.15, 0.2) is 18.2 Å². The van der Waals surface area contributed by atoms with Gasteiger partial charge in [0.15, 0.2) is 0 Å². The number of rotatable bonds is 2. The summed E-state index contributed by atoms with van der Waals surface area (Å²) in [5.74, 6) is -1.91. The largest absolute Gasteiger partial charge is 0.480 e. The number of nitrogens with zero attached hydrogens (tertiary/aromatic N) is 1. The Morgan fingerprint density at radius 2 is 1.91 bits per heavy atom. The van der Waals surface area contributed by atoms with E-state index in [2.05, 4.69) is 0 Å². The van der Waals surface area contributed by atoms with E-state index in [0.717, 1.165) is 17.0 Å². The average Bonchev–Trinajstić information content (AvgIpc) is 2.45. The Morgan fingerprint density at radius 1 is 1.23 bits per heavy atom. The molecule has 0 aliphatic carbocycles. The lowest BCUT2D eigenvalue weighted by atomic mass is 10.0. The minimum absolute atomic E-state index is 0.198. The van der Waals surface area contributed by atoms with Crippen molar-refractivity contribution in [3.63, 3.8) is 0 Å². The molecule has 1 aliphatic rings. The van der Waals surface area contributed by atoms with Gasteiger partial charge in [-0.1, -0.05) is 11.6 Å². The molecule has 1 aliphatic heterocycles. The number of halogens is 4. The molecule has 1 fully saturated rings. The lowest BCUT2D eigenvalue weighted by Crippen LogP contribution is -2.48. The summed E-state index contributed by atoms with van der Waals surface area (Å²) in [6.07, 6.45) is -3.08. The van der Waals surface area contributed by atoms with Crippen LogP contribution in [0.25, 0.3) is 0 Å². The van der Waals surface area contributed by atoms with Gasteiger partial charge in [-0.3, -0.25) is 4.79 Å². The van der Waals surface area contributed by atoms with Crippen LogP contribution in [-0.2, 0) is 11.0 Å². The average molecular weight is 336 g/mol. The van der Waals surface area contributed by atoms with Crippen molar-refractivity contribution in [3.8, 4) is 0 Å². The first kappa shape index (κ1) is 16.6. The number of likely N-dealkylation sites (tertiary alicyclic amines) is 1. The number of carbonyl (C=O) groups is 2. The molecule has 120 valence electrons. The molecule has 1 amide bonds. The van der Waals surface area contributed by atoms with E-state index in [4.69, 9.17) is 16.7 Å². The van der Waals surface area contributed by atoms with Gasteiger partial charge < -0.3 is 10.0 Å². The van der Waals surface area contributed by atoms with Gasteiger partial charge in [-0.2, -0.15) is 13.2 Å². The number of hydrogen-bond acceptors (Lipinski definition) is 2. The van der Waals surface area contributed by atoms with Gasteiger partial charge in [0, 0.05) is 17.1 Å². The van der Waals surface area contributed by atoms with Gasteiger partial charge in [0.05, 0.1) is 5.56 Å². The first-order valence-corrected chi connectivity index (χ1v) is 6.99. The molecule has 0 radical (unpaired) electrons. The molecule has 8 heteroatoms. The molecule has 0 bridgehead atoms. The Morgan fingerprint density at radius 3 is 2.50 bits per heavy atom. The Bertz CT molecular complexity index is 603. The second kappa shape index (κ2) is 6.16. The summed E-state index contributed by atoms with van der Waals surface area (Å²) in [5, 5.41) is 8.92. The molecule has 2 rings (SSSR count). The highest BCUT2D eigenvalue weighted by Crippen LogP contribution is 2.32. The zero-order valence-corrected chi connectivity index (χ0v) is 12.1. The van der Waals surface area contributed by atoms with E-state index in [1.165, 1.54) is 0 Å². The van der Waals surface area contributed by atoms with Crippen LogP contribution >= 0.6 is 11.6 Å². The normalized spacial score (nSPS) is 19.1. The van der Waals surface area contributed by atoms with Crippen LogP contribution in [0.5, 0.6) is 0 Å². The van der Waals surface area contributed by atoms with Crippen molar-refractivity contribution in [1.82, 2.24) is 4.90 Å². The van der Waals surface area contributed by atoms with Gasteiger partial charge >= 0.3 is 12.1 Å². The van der Waals surface area contributed by atoms with Crippen molar-refractivity contribution in [1.29, 1.82) is 0 Å². The zero-order chi connectivity index (χ0) is 16.5. The summed E-state index contributed by atoms with van der Waals surface area (Å²) in [6.45, 7) is 0.198. The summed E-state index contributed by atoms with van der Waals surface area (Å²) < 4.78 is 38.3. The fourth-order valence-electron chi connectivity index (χ4n) is 2.47. The van der Waals surface area contributed by atoms with Crippen LogP contribution in [-0.4, -0.2) is 34.5 Å². The second-order valence-corrected chi connectivity index (χ2v) is 5.51. The Kier molecular flexibility index (Phi) is 4.65. The summed E-state index contributed by atoms with van der Waals surface area (Å²) in [5.41, 5.74) is -1.29. The molecule has 0 saturated carbocycles. The molecule has 4 nitrogen and oxygen atoms in total. The van der Waals surface area contributed by atoms with Crippen molar-refractivity contribution >= 4 is 23.5 Å². The van der Waals surface area contributed by atoms with Crippen LogP contribution in [0.4, 0.5) is 13.2 Å². The number of aliphatic carboxylic acids is 1. The Hall–Kier alpha value is -1.76. The monoisotopic (exact) mass is 335 g/mol. The number of carbonyl (C=O) groups excluding carboxylic acids is 1. The van der Waals surface area contributed by atoms with Crippen molar-refractivity contribution in [2.45, 2.75) is 31.5 Å². The molecule has 0 aromatic heterocycles. The maximum atomic E-state index is 12.8. The van der Waals surface area contributed by atoms with Crippen molar-refractivity contribution in [2.75, 3.05) is 6.54 Å². The third-order valence-electron chi connectivity index (χ3n) is 3.52. The van der Waals surface area contributed by atoms with Gasteiger partial charge in [-0.05, 0) is 37.5 Å². The highest BCUT2D eigenvalue weighted by molar-refractivity contribution is 6.31. The van der Waals surface area contributed by atoms with E-state index in [1.54, 1.807) is 0 Å². The molecule has 1 atom stereocenters. The summed E-state index contributed by atoms with van der Waals surface area (Å²) in [6, 6.07) is 1.52. The van der Waals surface area contributed by atoms with E-state index in [9.17, 15) is 22.8 Å². The Balaban J connectivity index is 2.36. The molecule has 0 unspecified atom stereocenters. The fourth-order valence-corrected chi connectivity index (χ4v) is 2.71. The Labute approximate surface area is 129 Å². The molecular formula is C14H13ClF3NO3. The van der Waals surface area contributed by atoms with E-state index < -0.39 is 29.7 Å². The van der Waals surface area contributed by atoms with Gasteiger partial charge in [0.25, 0.3) is 5.91 Å². The summed E-state index contributed by atoms with van der Waals surface area (Å²) in [7, 11) is 0. The highest BCUT2D eigenvalue weighted by Gasteiger charge is 2.35. The molecular weight excluding hydrogens is 323 g/mol. The SMILES string of the molecule is O=C(O)[C@H]1CCCCN1C(=O)c1cc(Cl)cc(C(F)(F)F)c1. The summed E-state index contributed by atoms with van der Waals surface area (Å²) in [4.78, 5) is 24.7. The predicted molar refractivity (Wildman–Crippen MR) is 72.8 cm³/mol. The van der Waals surface area contributed by atoms with Crippen LogP contribution in [0.3, 0.4) is 0 Å². The molecule has 1 N–H and O–H groups in total. The molecule has 22 heavy (non-hydrogen) atoms. The van der Waals surface area contributed by atoms with E-state index in [-0.39, 0.29) is 23.6 Å². The van der Waals surface area contributed by atoms with Crippen molar-refractivity contribution in [2.24, 2.45) is 0 Å². The number of carboxylic acid groups (broad SMARTS) is 1. The number of amides is 1. The second-order valence-electron chi connectivity index (χ2n) is 5.07. The van der Waals surface area contributed by atoms with Crippen LogP contribution in [0, 0.1) is 0 Å². The smallest absolute Gasteiger partial charge is 0.416 e. The van der Waals surface area contributed by atoms with Crippen LogP contribution in [0.1, 0.15) is 35.2 Å². The maximum Gasteiger partial charge on any atom is 0.416 e. The lowest BCUT2D eigenvalue weighted by molar-refractivity contribution is -0.143.